The Morgan fingerprint density at radius 1 is 1.31 bits per heavy atom. The van der Waals surface area contributed by atoms with Crippen molar-refractivity contribution in [1.29, 1.82) is 0 Å². The van der Waals surface area contributed by atoms with E-state index in [-0.39, 0.29) is 5.56 Å². The molecule has 0 spiro atoms. The molecule has 0 unspecified atom stereocenters. The summed E-state index contributed by atoms with van der Waals surface area (Å²) in [5.74, 6) is 1.02. The van der Waals surface area contributed by atoms with Crippen molar-refractivity contribution in [3.63, 3.8) is 0 Å². The number of ether oxygens (including phenoxy) is 1. The fourth-order valence-electron chi connectivity index (χ4n) is 3.83. The van der Waals surface area contributed by atoms with Crippen LogP contribution in [-0.2, 0) is 11.3 Å². The van der Waals surface area contributed by atoms with Crippen LogP contribution in [0.1, 0.15) is 34.2 Å². The molecule has 26 heavy (non-hydrogen) atoms. The second-order valence-electron chi connectivity index (χ2n) is 7.18. The first-order valence-electron chi connectivity index (χ1n) is 9.39. The predicted octanol–water partition coefficient (Wildman–Crippen LogP) is 2.36. The number of morpholine rings is 1. The van der Waals surface area contributed by atoms with Crippen LogP contribution in [0.25, 0.3) is 0 Å². The summed E-state index contributed by atoms with van der Waals surface area (Å²) in [6, 6.07) is 6.10. The number of rotatable bonds is 4. The van der Waals surface area contributed by atoms with Gasteiger partial charge in [-0.05, 0) is 38.4 Å². The van der Waals surface area contributed by atoms with E-state index in [2.05, 4.69) is 33.8 Å². The standard InChI is InChI=1S/C19H26N4O2S/c1-14-4-5-16(26-14)13-22-6-2-3-15(12-22)17-11-18(24)21-19(20-17)23-7-9-25-10-8-23/h4-5,11,15H,2-3,6-10,12-13H2,1H3,(H,20,21,24)/t15-/m0/s1. The Morgan fingerprint density at radius 3 is 2.92 bits per heavy atom. The van der Waals surface area contributed by atoms with Gasteiger partial charge in [0.15, 0.2) is 0 Å². The Bertz CT molecular complexity index is 797. The van der Waals surface area contributed by atoms with Gasteiger partial charge in [0, 0.05) is 47.9 Å². The Hall–Kier alpha value is -1.70. The molecule has 6 nitrogen and oxygen atoms in total. The highest BCUT2D eigenvalue weighted by Gasteiger charge is 2.24. The summed E-state index contributed by atoms with van der Waals surface area (Å²) in [4.78, 5) is 27.3. The van der Waals surface area contributed by atoms with Crippen LogP contribution < -0.4 is 10.5 Å². The van der Waals surface area contributed by atoms with Crippen LogP contribution in [0, 0.1) is 6.92 Å². The first-order valence-corrected chi connectivity index (χ1v) is 10.2. The summed E-state index contributed by atoms with van der Waals surface area (Å²) < 4.78 is 5.40. The molecule has 2 fully saturated rings. The first kappa shape index (κ1) is 17.7. The van der Waals surface area contributed by atoms with Gasteiger partial charge in [0.25, 0.3) is 5.56 Å². The normalized spacial score (nSPS) is 21.9. The van der Waals surface area contributed by atoms with E-state index in [0.29, 0.717) is 25.1 Å². The van der Waals surface area contributed by atoms with Gasteiger partial charge < -0.3 is 9.64 Å². The molecule has 0 bridgehead atoms. The molecule has 2 aliphatic heterocycles. The van der Waals surface area contributed by atoms with E-state index in [0.717, 1.165) is 51.3 Å². The Morgan fingerprint density at radius 2 is 2.15 bits per heavy atom. The molecular formula is C19H26N4O2S. The van der Waals surface area contributed by atoms with E-state index in [1.54, 1.807) is 6.07 Å². The van der Waals surface area contributed by atoms with Gasteiger partial charge in [0.05, 0.1) is 18.9 Å². The van der Waals surface area contributed by atoms with Crippen molar-refractivity contribution in [3.05, 3.63) is 44.0 Å². The van der Waals surface area contributed by atoms with E-state index < -0.39 is 0 Å². The van der Waals surface area contributed by atoms with E-state index in [1.165, 1.54) is 9.75 Å². The highest BCUT2D eigenvalue weighted by molar-refractivity contribution is 7.11. The second kappa shape index (κ2) is 7.90. The predicted molar refractivity (Wildman–Crippen MR) is 104 cm³/mol. The Balaban J connectivity index is 1.49. The minimum Gasteiger partial charge on any atom is -0.378 e. The quantitative estimate of drug-likeness (QED) is 0.890. The smallest absolute Gasteiger partial charge is 0.252 e. The maximum atomic E-state index is 12.2. The summed E-state index contributed by atoms with van der Waals surface area (Å²) in [5.41, 5.74) is 0.879. The number of likely N-dealkylation sites (tertiary alicyclic amines) is 1. The highest BCUT2D eigenvalue weighted by Crippen LogP contribution is 2.28. The molecule has 0 aliphatic carbocycles. The lowest BCUT2D eigenvalue weighted by molar-refractivity contribution is 0.122. The molecule has 1 N–H and O–H groups in total. The molecule has 7 heteroatoms. The van der Waals surface area contributed by atoms with Crippen molar-refractivity contribution in [1.82, 2.24) is 14.9 Å². The summed E-state index contributed by atoms with van der Waals surface area (Å²) in [6.45, 7) is 8.16. The number of nitrogens with one attached hydrogen (secondary N) is 1. The second-order valence-corrected chi connectivity index (χ2v) is 8.55. The van der Waals surface area contributed by atoms with Crippen molar-refractivity contribution >= 4 is 17.3 Å². The van der Waals surface area contributed by atoms with Crippen LogP contribution >= 0.6 is 11.3 Å². The molecule has 2 aliphatic rings. The van der Waals surface area contributed by atoms with Crippen LogP contribution in [0.4, 0.5) is 5.95 Å². The molecule has 0 amide bonds. The summed E-state index contributed by atoms with van der Waals surface area (Å²) in [5, 5.41) is 0. The molecule has 0 radical (unpaired) electrons. The monoisotopic (exact) mass is 374 g/mol. The van der Waals surface area contributed by atoms with Gasteiger partial charge in [-0.15, -0.1) is 11.3 Å². The number of thiophene rings is 1. The van der Waals surface area contributed by atoms with Gasteiger partial charge >= 0.3 is 0 Å². The summed E-state index contributed by atoms with van der Waals surface area (Å²) in [6.07, 6.45) is 2.25. The van der Waals surface area contributed by atoms with E-state index >= 15 is 0 Å². The molecule has 4 rings (SSSR count). The third kappa shape index (κ3) is 4.16. The van der Waals surface area contributed by atoms with Gasteiger partial charge in [-0.1, -0.05) is 0 Å². The van der Waals surface area contributed by atoms with Crippen LogP contribution in [0.5, 0.6) is 0 Å². The SMILES string of the molecule is Cc1ccc(CN2CCC[C@H](c3cc(=O)[nH]c(N4CCOCC4)n3)C2)s1. The Labute approximate surface area is 157 Å². The molecule has 2 saturated heterocycles. The average Bonchev–Trinajstić information content (AvgIpc) is 3.07. The van der Waals surface area contributed by atoms with Gasteiger partial charge in [-0.2, -0.15) is 0 Å². The average molecular weight is 375 g/mol. The number of hydrogen-bond donors (Lipinski definition) is 1. The minimum atomic E-state index is -0.0532. The van der Waals surface area contributed by atoms with Crippen LogP contribution in [-0.4, -0.2) is 54.3 Å². The molecule has 1 atom stereocenters. The van der Waals surface area contributed by atoms with Crippen molar-refractivity contribution in [2.45, 2.75) is 32.2 Å². The molecule has 140 valence electrons. The van der Waals surface area contributed by atoms with Crippen molar-refractivity contribution < 1.29 is 4.74 Å². The fraction of sp³-hybridized carbons (Fsp3) is 0.579. The van der Waals surface area contributed by atoms with Gasteiger partial charge in [-0.3, -0.25) is 14.7 Å². The minimum absolute atomic E-state index is 0.0532. The molecule has 0 aromatic carbocycles. The van der Waals surface area contributed by atoms with Crippen LogP contribution in [0.2, 0.25) is 0 Å². The van der Waals surface area contributed by atoms with Crippen molar-refractivity contribution in [3.8, 4) is 0 Å². The largest absolute Gasteiger partial charge is 0.378 e. The maximum absolute atomic E-state index is 12.2. The Kier molecular flexibility index (Phi) is 5.38. The zero-order valence-corrected chi connectivity index (χ0v) is 16.1. The van der Waals surface area contributed by atoms with Crippen molar-refractivity contribution in [2.24, 2.45) is 0 Å². The number of aromatic nitrogens is 2. The van der Waals surface area contributed by atoms with Crippen molar-refractivity contribution in [2.75, 3.05) is 44.3 Å². The maximum Gasteiger partial charge on any atom is 0.252 e. The van der Waals surface area contributed by atoms with Gasteiger partial charge in [0.1, 0.15) is 0 Å². The number of anilines is 1. The third-order valence-electron chi connectivity index (χ3n) is 5.16. The number of aromatic amines is 1. The number of hydrogen-bond acceptors (Lipinski definition) is 6. The number of aryl methyl sites for hydroxylation is 1. The zero-order valence-electron chi connectivity index (χ0n) is 15.2. The first-order chi connectivity index (χ1) is 12.7. The molecule has 0 saturated carbocycles. The molecule has 2 aromatic rings. The summed E-state index contributed by atoms with van der Waals surface area (Å²) in [7, 11) is 0. The van der Waals surface area contributed by atoms with Gasteiger partial charge in [-0.25, -0.2) is 4.98 Å². The topological polar surface area (TPSA) is 61.5 Å². The lowest BCUT2D eigenvalue weighted by Crippen LogP contribution is -2.39. The fourth-order valence-corrected chi connectivity index (χ4v) is 4.76. The molecule has 4 heterocycles. The van der Waals surface area contributed by atoms with E-state index in [9.17, 15) is 4.79 Å². The lowest BCUT2D eigenvalue weighted by atomic mass is 9.94. The zero-order chi connectivity index (χ0) is 17.9. The lowest BCUT2D eigenvalue weighted by Gasteiger charge is -2.33. The molecular weight excluding hydrogens is 348 g/mol. The number of H-pyrrole nitrogens is 1. The molecule has 2 aromatic heterocycles. The van der Waals surface area contributed by atoms with E-state index in [4.69, 9.17) is 9.72 Å². The van der Waals surface area contributed by atoms with Crippen LogP contribution in [0.3, 0.4) is 0 Å². The number of nitrogens with zero attached hydrogens (tertiary/aromatic N) is 3. The third-order valence-corrected chi connectivity index (χ3v) is 6.14. The van der Waals surface area contributed by atoms with Crippen LogP contribution in [0.15, 0.2) is 23.0 Å². The van der Waals surface area contributed by atoms with Gasteiger partial charge in [0.2, 0.25) is 5.95 Å². The number of piperidine rings is 1. The van der Waals surface area contributed by atoms with E-state index in [1.807, 2.05) is 11.3 Å². The summed E-state index contributed by atoms with van der Waals surface area (Å²) >= 11 is 1.87. The highest BCUT2D eigenvalue weighted by atomic mass is 32.1.